The monoisotopic (exact) mass is 731 g/mol. The van der Waals surface area contributed by atoms with E-state index in [0.29, 0.717) is 5.92 Å². The summed E-state index contributed by atoms with van der Waals surface area (Å²) in [6.45, 7) is 7.10. The zero-order valence-corrected chi connectivity index (χ0v) is 27.2. The van der Waals surface area contributed by atoms with Gasteiger partial charge in [-0.1, -0.05) is 85.9 Å². The number of rotatable bonds is 4. The van der Waals surface area contributed by atoms with Gasteiger partial charge in [-0.25, -0.2) is 0 Å². The Kier molecular flexibility index (Phi) is 8.99. The molecule has 1 radical (unpaired) electrons. The molecule has 3 nitrogen and oxygen atoms in total. The fourth-order valence-electron chi connectivity index (χ4n) is 5.67. The smallest absolute Gasteiger partial charge is 0.120 e. The minimum atomic E-state index is -1.50. The molecular weight excluding hydrogens is 697 g/mol. The van der Waals surface area contributed by atoms with E-state index in [1.54, 1.807) is 6.20 Å². The minimum Gasteiger partial charge on any atom is -0.501 e. The van der Waals surface area contributed by atoms with Gasteiger partial charge in [-0.15, -0.1) is 54.1 Å². The fraction of sp³-hybridized carbons (Fsp3) is 0.222. The third-order valence-electron chi connectivity index (χ3n) is 7.79. The Morgan fingerprint density at radius 3 is 2.22 bits per heavy atom. The van der Waals surface area contributed by atoms with E-state index in [4.69, 9.17) is 9.40 Å². The number of para-hydroxylation sites is 1. The molecule has 0 unspecified atom stereocenters. The summed E-state index contributed by atoms with van der Waals surface area (Å²) in [6.07, 6.45) is 9.14. The van der Waals surface area contributed by atoms with Gasteiger partial charge in [0, 0.05) is 37.9 Å². The van der Waals surface area contributed by atoms with Crippen LogP contribution in [0.3, 0.4) is 0 Å². The van der Waals surface area contributed by atoms with E-state index in [1.165, 1.54) is 41.8 Å². The summed E-state index contributed by atoms with van der Waals surface area (Å²) < 4.78 is 6.49. The van der Waals surface area contributed by atoms with Gasteiger partial charge in [0.05, 0.1) is 13.7 Å². The van der Waals surface area contributed by atoms with Crippen molar-refractivity contribution in [3.63, 3.8) is 0 Å². The molecule has 41 heavy (non-hydrogen) atoms. The first kappa shape index (κ1) is 29.1. The van der Waals surface area contributed by atoms with Crippen molar-refractivity contribution in [1.29, 1.82) is 0 Å². The summed E-state index contributed by atoms with van der Waals surface area (Å²) in [4.78, 5) is 9.02. The number of pyridine rings is 2. The molecule has 0 aliphatic heterocycles. The largest absolute Gasteiger partial charge is 0.501 e. The average Bonchev–Trinajstić information content (AvgIpc) is 3.67. The number of benzene rings is 3. The second kappa shape index (κ2) is 12.6. The maximum Gasteiger partial charge on any atom is 0.120 e. The molecule has 0 bridgehead atoms. The average molecular weight is 731 g/mol. The maximum absolute atomic E-state index is 6.49. The van der Waals surface area contributed by atoms with Crippen LogP contribution in [0.25, 0.3) is 44.5 Å². The van der Waals surface area contributed by atoms with Gasteiger partial charge in [-0.05, 0) is 47.0 Å². The van der Waals surface area contributed by atoms with Crippen LogP contribution in [-0.4, -0.2) is 18.0 Å². The van der Waals surface area contributed by atoms with Crippen molar-refractivity contribution in [1.82, 2.24) is 9.97 Å². The summed E-state index contributed by atoms with van der Waals surface area (Å²) in [7, 11) is -1.50. The Morgan fingerprint density at radius 2 is 1.54 bits per heavy atom. The molecule has 3 aromatic carbocycles. The third-order valence-corrected chi connectivity index (χ3v) is 9.80. The van der Waals surface area contributed by atoms with Gasteiger partial charge >= 0.3 is 0 Å². The minimum absolute atomic E-state index is 0. The molecule has 7 rings (SSSR count). The first-order valence-electron chi connectivity index (χ1n) is 14.2. The maximum atomic E-state index is 6.49. The van der Waals surface area contributed by atoms with Crippen LogP contribution >= 0.6 is 0 Å². The molecule has 1 aliphatic rings. The molecule has 3 aromatic heterocycles. The molecule has 1 fully saturated rings. The predicted octanol–water partition coefficient (Wildman–Crippen LogP) is 9.20. The first-order chi connectivity index (χ1) is 19.5. The van der Waals surface area contributed by atoms with E-state index in [2.05, 4.69) is 79.4 Å². The van der Waals surface area contributed by atoms with E-state index in [1.807, 2.05) is 48.5 Å². The van der Waals surface area contributed by atoms with Crippen LogP contribution in [0.2, 0.25) is 19.6 Å². The fourth-order valence-corrected chi connectivity index (χ4v) is 7.14. The molecule has 0 N–H and O–H groups in total. The zero-order valence-electron chi connectivity index (χ0n) is 23.8. The predicted molar refractivity (Wildman–Crippen MR) is 168 cm³/mol. The van der Waals surface area contributed by atoms with Gasteiger partial charge in [0.15, 0.2) is 0 Å². The molecule has 0 amide bonds. The summed E-state index contributed by atoms with van der Waals surface area (Å²) >= 11 is 0. The van der Waals surface area contributed by atoms with Crippen LogP contribution < -0.4 is 5.19 Å². The van der Waals surface area contributed by atoms with Crippen molar-refractivity contribution >= 4 is 35.2 Å². The standard InChI is InChI=1S/C25H26NOSi.C11H8N.Ir/c1-28(2,3)23-13-7-11-20-19-10-6-12-21(24(19)27-25(20)23)22-15-14-18(16-26-22)17-8-4-5-9-17;1-2-6-10(7-3-1)11-8-4-5-9-12-11;/h6-7,10-11,13-17H,4-5,8-9H2,1-3H3;1-6,8-9H;/q2*-1;. The summed E-state index contributed by atoms with van der Waals surface area (Å²) in [5.41, 5.74) is 7.24. The van der Waals surface area contributed by atoms with Gasteiger partial charge in [0.2, 0.25) is 0 Å². The van der Waals surface area contributed by atoms with E-state index < -0.39 is 8.07 Å². The quantitative estimate of drug-likeness (QED) is 0.134. The van der Waals surface area contributed by atoms with Crippen LogP contribution in [0.1, 0.15) is 37.2 Å². The molecular formula is C36H34IrN2OSi-2. The van der Waals surface area contributed by atoms with E-state index in [0.717, 1.165) is 39.1 Å². The van der Waals surface area contributed by atoms with Crippen LogP contribution in [0, 0.1) is 12.1 Å². The van der Waals surface area contributed by atoms with Crippen LogP contribution in [-0.2, 0) is 20.1 Å². The van der Waals surface area contributed by atoms with Crippen molar-refractivity contribution in [3.8, 4) is 22.5 Å². The Bertz CT molecular complexity index is 1680. The van der Waals surface area contributed by atoms with Crippen LogP contribution in [0.5, 0.6) is 0 Å². The first-order valence-corrected chi connectivity index (χ1v) is 17.7. The number of hydrogen-bond donors (Lipinski definition) is 0. The molecule has 0 atom stereocenters. The van der Waals surface area contributed by atoms with Crippen molar-refractivity contribution in [2.75, 3.05) is 0 Å². The number of fused-ring (bicyclic) bond motifs is 3. The van der Waals surface area contributed by atoms with Gasteiger partial charge in [-0.3, -0.25) is 0 Å². The molecule has 3 heterocycles. The molecule has 6 aromatic rings. The Morgan fingerprint density at radius 1 is 0.732 bits per heavy atom. The van der Waals surface area contributed by atoms with Gasteiger partial charge < -0.3 is 14.4 Å². The topological polar surface area (TPSA) is 38.9 Å². The number of furan rings is 1. The van der Waals surface area contributed by atoms with Gasteiger partial charge in [0.1, 0.15) is 5.58 Å². The van der Waals surface area contributed by atoms with Crippen molar-refractivity contribution in [2.45, 2.75) is 51.2 Å². The van der Waals surface area contributed by atoms with Crippen LogP contribution in [0.15, 0.2) is 102 Å². The summed E-state index contributed by atoms with van der Waals surface area (Å²) in [6, 6.07) is 35.3. The Hall–Kier alpha value is -3.37. The normalized spacial score (nSPS) is 13.5. The van der Waals surface area contributed by atoms with Crippen molar-refractivity contribution < 1.29 is 24.5 Å². The molecule has 1 saturated carbocycles. The number of nitrogens with zero attached hydrogens (tertiary/aromatic N) is 2. The summed E-state index contributed by atoms with van der Waals surface area (Å²) in [5, 5.41) is 3.73. The van der Waals surface area contributed by atoms with Gasteiger partial charge in [-0.2, -0.15) is 0 Å². The molecule has 0 spiro atoms. The molecule has 5 heteroatoms. The van der Waals surface area contributed by atoms with Crippen molar-refractivity contribution in [3.05, 3.63) is 115 Å². The van der Waals surface area contributed by atoms with E-state index in [9.17, 15) is 0 Å². The van der Waals surface area contributed by atoms with E-state index >= 15 is 0 Å². The van der Waals surface area contributed by atoms with Crippen LogP contribution in [0.4, 0.5) is 0 Å². The summed E-state index contributed by atoms with van der Waals surface area (Å²) in [5.74, 6) is 0.687. The SMILES string of the molecule is C[Si](C)(C)c1cccc2c1oc1c(-c3ccc(C4CCCC4)cn3)[c-]ccc12.[Ir].[c-]1ccccc1-c1ccccn1. The van der Waals surface area contributed by atoms with Gasteiger partial charge in [0.25, 0.3) is 0 Å². The Balaban J connectivity index is 0.000000218. The second-order valence-corrected chi connectivity index (χ2v) is 16.6. The molecule has 209 valence electrons. The molecule has 0 saturated heterocycles. The van der Waals surface area contributed by atoms with E-state index in [-0.39, 0.29) is 20.1 Å². The Labute approximate surface area is 257 Å². The third kappa shape index (κ3) is 6.28. The number of hydrogen-bond acceptors (Lipinski definition) is 3. The second-order valence-electron chi connectivity index (χ2n) is 11.6. The molecule has 1 aliphatic carbocycles. The zero-order chi connectivity index (χ0) is 27.5. The van der Waals surface area contributed by atoms with Crippen molar-refractivity contribution in [2.24, 2.45) is 0 Å². The number of aromatic nitrogens is 2.